The predicted molar refractivity (Wildman–Crippen MR) is 140 cm³/mol. The molecule has 34 heavy (non-hydrogen) atoms. The van der Waals surface area contributed by atoms with Gasteiger partial charge in [0.1, 0.15) is 0 Å². The average Bonchev–Trinajstić information content (AvgIpc) is 3.60. The highest BCUT2D eigenvalue weighted by Gasteiger charge is 2.77. The van der Waals surface area contributed by atoms with Crippen LogP contribution in [0, 0.1) is 0 Å². The molecule has 1 aliphatic carbocycles. The van der Waals surface area contributed by atoms with Crippen LogP contribution in [0.4, 0.5) is 0 Å². The molecule has 1 aliphatic heterocycles. The summed E-state index contributed by atoms with van der Waals surface area (Å²) in [6.07, 6.45) is 13.7. The Morgan fingerprint density at radius 3 is 1.85 bits per heavy atom. The van der Waals surface area contributed by atoms with Crippen molar-refractivity contribution in [1.82, 2.24) is 0 Å². The number of allylic oxidation sites excluding steroid dienone is 7. The molecule has 3 rings (SSSR count). The van der Waals surface area contributed by atoms with Gasteiger partial charge in [0.05, 0.1) is 5.48 Å². The minimum atomic E-state index is -3.01. The predicted octanol–water partition coefficient (Wildman–Crippen LogP) is 8.13. The Morgan fingerprint density at radius 2 is 1.32 bits per heavy atom. The second-order valence-corrected chi connectivity index (χ2v) is 9.77. The van der Waals surface area contributed by atoms with Crippen LogP contribution in [0.1, 0.15) is 117 Å². The van der Waals surface area contributed by atoms with Crippen molar-refractivity contribution in [1.29, 1.82) is 0 Å². The van der Waals surface area contributed by atoms with Crippen LogP contribution in [0.5, 0.6) is 0 Å². The number of ketones is 2. The summed E-state index contributed by atoms with van der Waals surface area (Å²) in [6, 6.07) is -2.74. The molecule has 1 saturated heterocycles. The van der Waals surface area contributed by atoms with Gasteiger partial charge in [-0.25, -0.2) is 0 Å². The minimum absolute atomic E-state index is 0.177. The fourth-order valence-corrected chi connectivity index (χ4v) is 4.29. The fraction of sp³-hybridized carbons (Fsp3) is 0.484. The molecule has 2 aliphatic rings. The normalized spacial score (nSPS) is 27.9. The largest absolute Gasteiger partial charge is 0.345 e. The maximum atomic E-state index is 13.6. The van der Waals surface area contributed by atoms with Crippen molar-refractivity contribution in [2.75, 3.05) is 0 Å². The summed E-state index contributed by atoms with van der Waals surface area (Å²) >= 11 is 0. The van der Waals surface area contributed by atoms with Crippen LogP contribution in [0.15, 0.2) is 70.8 Å². The molecule has 0 N–H and O–H groups in total. The Balaban J connectivity index is 1.72. The maximum Gasteiger partial charge on any atom is 0.199 e. The summed E-state index contributed by atoms with van der Waals surface area (Å²) in [4.78, 5) is 27.1. The maximum absolute atomic E-state index is 13.6. The standard InChI is InChI=1S/C31H40O3/c1-22(2)12-9-13-23(3)14-10-15-24(4)16-11-17-25(5)20-21-31-29(33)27-19-8-7-18-26(27)28(32)30(31,6)34-31/h7-8,12,14,16,18-20H,9-11,13,15,17,21H2,1-6H3/b23-14+,24-16+,25-20+/i6D3,7D,8D,18D,19D. The molecule has 1 aromatic rings. The van der Waals surface area contributed by atoms with Crippen LogP contribution in [-0.4, -0.2) is 22.8 Å². The highest BCUT2D eigenvalue weighted by Crippen LogP contribution is 2.57. The van der Waals surface area contributed by atoms with Gasteiger partial charge in [0.2, 0.25) is 0 Å². The summed E-state index contributed by atoms with van der Waals surface area (Å²) < 4.78 is 62.0. The van der Waals surface area contributed by atoms with Crippen molar-refractivity contribution >= 4 is 11.6 Å². The van der Waals surface area contributed by atoms with E-state index < -0.39 is 64.9 Å². The topological polar surface area (TPSA) is 46.7 Å². The molecule has 0 bridgehead atoms. The van der Waals surface area contributed by atoms with Gasteiger partial charge >= 0.3 is 0 Å². The molecule has 0 spiro atoms. The fourth-order valence-electron chi connectivity index (χ4n) is 4.29. The van der Waals surface area contributed by atoms with Gasteiger partial charge in [-0.2, -0.15) is 0 Å². The lowest BCUT2D eigenvalue weighted by Gasteiger charge is -2.22. The molecule has 0 saturated carbocycles. The van der Waals surface area contributed by atoms with Gasteiger partial charge in [0, 0.05) is 21.7 Å². The van der Waals surface area contributed by atoms with Gasteiger partial charge in [-0.1, -0.05) is 70.8 Å². The van der Waals surface area contributed by atoms with Crippen LogP contribution in [-0.2, 0) is 4.74 Å². The first-order chi connectivity index (χ1) is 19.0. The number of Topliss-reactive ketones (excluding diaryl/α,β-unsaturated/α-hetero) is 2. The summed E-state index contributed by atoms with van der Waals surface area (Å²) in [5, 5.41) is 0. The number of benzene rings is 1. The van der Waals surface area contributed by atoms with Crippen LogP contribution >= 0.6 is 0 Å². The Bertz CT molecular complexity index is 1360. The monoisotopic (exact) mass is 467 g/mol. The average molecular weight is 468 g/mol. The molecule has 0 aromatic heterocycles. The van der Waals surface area contributed by atoms with Gasteiger partial charge in [0.25, 0.3) is 0 Å². The lowest BCUT2D eigenvalue weighted by molar-refractivity contribution is 0.0847. The summed E-state index contributed by atoms with van der Waals surface area (Å²) in [5.74, 6) is -1.98. The molecule has 2 unspecified atom stereocenters. The number of hydrogen-bond acceptors (Lipinski definition) is 3. The van der Waals surface area contributed by atoms with Crippen LogP contribution in [0.2, 0.25) is 0 Å². The molecule has 0 amide bonds. The van der Waals surface area contributed by atoms with E-state index in [4.69, 9.17) is 14.3 Å². The van der Waals surface area contributed by atoms with E-state index >= 15 is 0 Å². The third kappa shape index (κ3) is 5.58. The number of hydrogen-bond donors (Lipinski definition) is 0. The lowest BCUT2D eigenvalue weighted by atomic mass is 9.73. The Kier molecular flexibility index (Phi) is 5.68. The van der Waals surface area contributed by atoms with E-state index in [-0.39, 0.29) is 6.42 Å². The van der Waals surface area contributed by atoms with Crippen molar-refractivity contribution in [3.8, 4) is 0 Å². The van der Waals surface area contributed by atoms with Crippen molar-refractivity contribution in [2.24, 2.45) is 0 Å². The zero-order valence-corrected chi connectivity index (χ0v) is 21.0. The first kappa shape index (κ1) is 17.8. The van der Waals surface area contributed by atoms with Crippen LogP contribution in [0.25, 0.3) is 0 Å². The van der Waals surface area contributed by atoms with Gasteiger partial charge < -0.3 is 4.74 Å². The van der Waals surface area contributed by atoms with Crippen molar-refractivity contribution in [3.63, 3.8) is 0 Å². The number of fused-ring (bicyclic) bond motifs is 2. The minimum Gasteiger partial charge on any atom is -0.345 e. The molecular weight excluding hydrogens is 420 g/mol. The molecule has 182 valence electrons. The van der Waals surface area contributed by atoms with E-state index in [9.17, 15) is 9.59 Å². The smallest absolute Gasteiger partial charge is 0.199 e. The second kappa shape index (κ2) is 10.8. The van der Waals surface area contributed by atoms with E-state index in [2.05, 4.69) is 45.9 Å². The first-order valence-corrected chi connectivity index (χ1v) is 12.0. The van der Waals surface area contributed by atoms with Gasteiger partial charge in [-0.05, 0) is 80.0 Å². The molecule has 1 fully saturated rings. The van der Waals surface area contributed by atoms with Gasteiger partial charge in [-0.15, -0.1) is 0 Å². The van der Waals surface area contributed by atoms with Gasteiger partial charge in [-0.3, -0.25) is 9.59 Å². The third-order valence-electron chi connectivity index (χ3n) is 6.57. The highest BCUT2D eigenvalue weighted by molar-refractivity contribution is 6.25. The van der Waals surface area contributed by atoms with Crippen molar-refractivity contribution < 1.29 is 23.9 Å². The quantitative estimate of drug-likeness (QED) is 0.244. The van der Waals surface area contributed by atoms with E-state index in [1.807, 2.05) is 6.92 Å². The SMILES string of the molecule is [2H]c1c([2H])c([2H])c2c(c1[2H])C(=O)C1(C/C=C(\C)CC/C=C(\C)CC/C=C(\C)CCC=C(C)C)OC1(C([2H])([2H])[2H])C2=O. The van der Waals surface area contributed by atoms with E-state index in [0.717, 1.165) is 37.7 Å². The zero-order valence-electron chi connectivity index (χ0n) is 28.0. The Hall–Kier alpha value is -2.52. The number of carbonyl (C=O) groups excluding carboxylic acids is 2. The molecule has 3 heteroatoms. The summed E-state index contributed by atoms with van der Waals surface area (Å²) in [5.41, 5.74) is -0.700. The molecule has 0 radical (unpaired) electrons. The Morgan fingerprint density at radius 1 is 0.824 bits per heavy atom. The van der Waals surface area contributed by atoms with Crippen molar-refractivity contribution in [3.05, 3.63) is 81.9 Å². The number of epoxide rings is 1. The molecule has 2 atom stereocenters. The number of rotatable bonds is 11. The molecule has 3 nitrogen and oxygen atoms in total. The van der Waals surface area contributed by atoms with Crippen LogP contribution < -0.4 is 0 Å². The van der Waals surface area contributed by atoms with E-state index in [0.29, 0.717) is 6.42 Å². The van der Waals surface area contributed by atoms with Crippen LogP contribution in [0.3, 0.4) is 0 Å². The second-order valence-electron chi connectivity index (χ2n) is 9.77. The third-order valence-corrected chi connectivity index (χ3v) is 6.57. The molecular formula is C31H40O3. The zero-order chi connectivity index (χ0) is 30.9. The van der Waals surface area contributed by atoms with E-state index in [1.54, 1.807) is 6.08 Å². The highest BCUT2D eigenvalue weighted by atomic mass is 16.6. The number of ether oxygens (including phenoxy) is 1. The molecule has 1 heterocycles. The molecule has 1 aromatic carbocycles. The van der Waals surface area contributed by atoms with E-state index in [1.165, 1.54) is 16.7 Å². The van der Waals surface area contributed by atoms with Gasteiger partial charge in [0.15, 0.2) is 22.8 Å². The Labute approximate surface area is 215 Å². The lowest BCUT2D eigenvalue weighted by Crippen LogP contribution is -2.43. The summed E-state index contributed by atoms with van der Waals surface area (Å²) in [6.45, 7) is 7.33. The first-order valence-electron chi connectivity index (χ1n) is 15.5. The number of carbonyl (C=O) groups is 2. The van der Waals surface area contributed by atoms with Crippen molar-refractivity contribution in [2.45, 2.75) is 97.6 Å². The summed E-state index contributed by atoms with van der Waals surface area (Å²) in [7, 11) is 0.